The van der Waals surface area contributed by atoms with E-state index in [1.165, 1.54) is 6.42 Å². The Kier molecular flexibility index (Phi) is 4.04. The van der Waals surface area contributed by atoms with Crippen molar-refractivity contribution in [3.05, 3.63) is 29.0 Å². The highest BCUT2D eigenvalue weighted by molar-refractivity contribution is 6.31. The number of hydrogen-bond donors (Lipinski definition) is 1. The van der Waals surface area contributed by atoms with Gasteiger partial charge in [-0.05, 0) is 49.3 Å². The molecule has 1 aromatic heterocycles. The maximum Gasteiger partial charge on any atom is 0.375 e. The SMILES string of the molecule is CC1CC(C)CC(Oc2c(C(=O)O)oc3ccc(Cl)cc23)C1. The van der Waals surface area contributed by atoms with Crippen LogP contribution in [-0.2, 0) is 0 Å². The summed E-state index contributed by atoms with van der Waals surface area (Å²) in [6.45, 7) is 4.41. The molecule has 0 spiro atoms. The Hall–Kier alpha value is -1.68. The van der Waals surface area contributed by atoms with Gasteiger partial charge in [0.05, 0.1) is 11.5 Å². The third-order valence-electron chi connectivity index (χ3n) is 4.22. The number of carboxylic acid groups (broad SMARTS) is 1. The van der Waals surface area contributed by atoms with E-state index in [0.717, 1.165) is 12.8 Å². The smallest absolute Gasteiger partial charge is 0.375 e. The van der Waals surface area contributed by atoms with E-state index in [1.54, 1.807) is 18.2 Å². The molecule has 4 nitrogen and oxygen atoms in total. The maximum atomic E-state index is 11.4. The number of hydrogen-bond acceptors (Lipinski definition) is 3. The molecule has 0 saturated heterocycles. The van der Waals surface area contributed by atoms with Crippen LogP contribution in [0.2, 0.25) is 5.02 Å². The third kappa shape index (κ3) is 2.93. The predicted octanol–water partition coefficient (Wildman–Crippen LogP) is 4.99. The summed E-state index contributed by atoms with van der Waals surface area (Å²) in [5.41, 5.74) is 0.480. The summed E-state index contributed by atoms with van der Waals surface area (Å²) in [7, 11) is 0. The van der Waals surface area contributed by atoms with Crippen LogP contribution in [0, 0.1) is 11.8 Å². The number of furan rings is 1. The number of benzene rings is 1. The number of fused-ring (bicyclic) bond motifs is 1. The number of aromatic carboxylic acids is 1. The van der Waals surface area contributed by atoms with Crippen molar-refractivity contribution >= 4 is 28.5 Å². The Labute approximate surface area is 134 Å². The average molecular weight is 323 g/mol. The molecular weight excluding hydrogens is 304 g/mol. The quantitative estimate of drug-likeness (QED) is 0.865. The highest BCUT2D eigenvalue weighted by Crippen LogP contribution is 2.38. The van der Waals surface area contributed by atoms with Crippen LogP contribution in [0.25, 0.3) is 11.0 Å². The van der Waals surface area contributed by atoms with Gasteiger partial charge in [-0.25, -0.2) is 4.79 Å². The highest BCUT2D eigenvalue weighted by atomic mass is 35.5. The van der Waals surface area contributed by atoms with Crippen LogP contribution < -0.4 is 4.74 Å². The first-order chi connectivity index (χ1) is 10.4. The minimum Gasteiger partial charge on any atom is -0.485 e. The van der Waals surface area contributed by atoms with Gasteiger partial charge in [0, 0.05) is 5.02 Å². The molecule has 3 rings (SSSR count). The minimum absolute atomic E-state index is 0.0108. The van der Waals surface area contributed by atoms with Crippen molar-refractivity contribution in [2.45, 2.75) is 39.2 Å². The summed E-state index contributed by atoms with van der Waals surface area (Å²) in [6.07, 6.45) is 3.05. The fourth-order valence-electron chi connectivity index (χ4n) is 3.44. The minimum atomic E-state index is -1.13. The second kappa shape index (κ2) is 5.84. The third-order valence-corrected chi connectivity index (χ3v) is 4.45. The first kappa shape index (κ1) is 15.2. The molecule has 118 valence electrons. The molecular formula is C17H19ClO4. The summed E-state index contributed by atoms with van der Waals surface area (Å²) in [5, 5.41) is 10.5. The van der Waals surface area contributed by atoms with Gasteiger partial charge in [0.1, 0.15) is 5.58 Å². The van der Waals surface area contributed by atoms with E-state index < -0.39 is 5.97 Å². The largest absolute Gasteiger partial charge is 0.485 e. The second-order valence-corrected chi connectivity index (χ2v) is 6.80. The molecule has 1 aliphatic carbocycles. The van der Waals surface area contributed by atoms with Gasteiger partial charge in [-0.2, -0.15) is 0 Å². The molecule has 1 fully saturated rings. The van der Waals surface area contributed by atoms with Crippen LogP contribution in [0.1, 0.15) is 43.7 Å². The number of rotatable bonds is 3. The van der Waals surface area contributed by atoms with Crippen molar-refractivity contribution in [1.29, 1.82) is 0 Å². The molecule has 1 aliphatic rings. The lowest BCUT2D eigenvalue weighted by Gasteiger charge is -2.31. The fraction of sp³-hybridized carbons (Fsp3) is 0.471. The Morgan fingerprint density at radius 1 is 1.27 bits per heavy atom. The second-order valence-electron chi connectivity index (χ2n) is 6.36. The van der Waals surface area contributed by atoms with E-state index in [9.17, 15) is 9.90 Å². The van der Waals surface area contributed by atoms with Gasteiger partial charge in [-0.15, -0.1) is 0 Å². The van der Waals surface area contributed by atoms with Gasteiger partial charge in [-0.1, -0.05) is 25.4 Å². The molecule has 1 N–H and O–H groups in total. The Morgan fingerprint density at radius 2 is 1.95 bits per heavy atom. The molecule has 0 bridgehead atoms. The summed E-state index contributed by atoms with van der Waals surface area (Å²) >= 11 is 6.02. The molecule has 0 amide bonds. The maximum absolute atomic E-state index is 11.4. The molecule has 0 radical (unpaired) electrons. The van der Waals surface area contributed by atoms with E-state index in [-0.39, 0.29) is 11.9 Å². The van der Waals surface area contributed by atoms with Crippen molar-refractivity contribution in [3.8, 4) is 5.75 Å². The lowest BCUT2D eigenvalue weighted by atomic mass is 9.82. The molecule has 1 heterocycles. The van der Waals surface area contributed by atoms with Crippen LogP contribution in [-0.4, -0.2) is 17.2 Å². The molecule has 2 aromatic rings. The van der Waals surface area contributed by atoms with Crippen LogP contribution in [0.3, 0.4) is 0 Å². The lowest BCUT2D eigenvalue weighted by Crippen LogP contribution is -2.28. The number of halogens is 1. The fourth-order valence-corrected chi connectivity index (χ4v) is 3.61. The molecule has 0 aliphatic heterocycles. The Bertz CT molecular complexity index is 696. The zero-order valence-electron chi connectivity index (χ0n) is 12.6. The molecule has 22 heavy (non-hydrogen) atoms. The topological polar surface area (TPSA) is 59.7 Å². The molecule has 2 unspecified atom stereocenters. The number of carboxylic acids is 1. The van der Waals surface area contributed by atoms with E-state index in [0.29, 0.717) is 33.6 Å². The predicted molar refractivity (Wildman–Crippen MR) is 84.8 cm³/mol. The van der Waals surface area contributed by atoms with Crippen molar-refractivity contribution in [3.63, 3.8) is 0 Å². The Morgan fingerprint density at radius 3 is 2.59 bits per heavy atom. The van der Waals surface area contributed by atoms with E-state index >= 15 is 0 Å². The number of carbonyl (C=O) groups is 1. The van der Waals surface area contributed by atoms with Crippen LogP contribution in [0.4, 0.5) is 0 Å². The molecule has 1 aromatic carbocycles. The van der Waals surface area contributed by atoms with Crippen molar-refractivity contribution < 1.29 is 19.1 Å². The van der Waals surface area contributed by atoms with Crippen molar-refractivity contribution in [1.82, 2.24) is 0 Å². The first-order valence-electron chi connectivity index (χ1n) is 7.56. The molecule has 2 atom stereocenters. The van der Waals surface area contributed by atoms with Crippen LogP contribution in [0.15, 0.2) is 22.6 Å². The van der Waals surface area contributed by atoms with Crippen molar-refractivity contribution in [2.24, 2.45) is 11.8 Å². The highest BCUT2D eigenvalue weighted by Gasteiger charge is 2.29. The van der Waals surface area contributed by atoms with Gasteiger partial charge < -0.3 is 14.3 Å². The van der Waals surface area contributed by atoms with E-state index in [1.807, 2.05) is 0 Å². The van der Waals surface area contributed by atoms with Crippen LogP contribution in [0.5, 0.6) is 5.75 Å². The van der Waals surface area contributed by atoms with E-state index in [4.69, 9.17) is 20.8 Å². The average Bonchev–Trinajstić information content (AvgIpc) is 2.76. The zero-order valence-corrected chi connectivity index (χ0v) is 13.4. The number of ether oxygens (including phenoxy) is 1. The lowest BCUT2D eigenvalue weighted by molar-refractivity contribution is 0.0639. The van der Waals surface area contributed by atoms with Gasteiger partial charge in [0.15, 0.2) is 5.75 Å². The molecule has 1 saturated carbocycles. The summed E-state index contributed by atoms with van der Waals surface area (Å²) in [5.74, 6) is 0.172. The van der Waals surface area contributed by atoms with Gasteiger partial charge >= 0.3 is 5.97 Å². The van der Waals surface area contributed by atoms with Crippen molar-refractivity contribution in [2.75, 3.05) is 0 Å². The van der Waals surface area contributed by atoms with Gasteiger partial charge in [0.2, 0.25) is 0 Å². The summed E-state index contributed by atoms with van der Waals surface area (Å²) in [6, 6.07) is 5.04. The van der Waals surface area contributed by atoms with E-state index in [2.05, 4.69) is 13.8 Å². The Balaban J connectivity index is 1.99. The van der Waals surface area contributed by atoms with Crippen LogP contribution >= 0.6 is 11.6 Å². The van der Waals surface area contributed by atoms with Gasteiger partial charge in [0.25, 0.3) is 5.76 Å². The first-order valence-corrected chi connectivity index (χ1v) is 7.93. The standard InChI is InChI=1S/C17H19ClO4/c1-9-5-10(2)7-12(6-9)21-15-13-8-11(18)3-4-14(13)22-16(15)17(19)20/h3-4,8-10,12H,5-7H2,1-2H3,(H,19,20). The summed E-state index contributed by atoms with van der Waals surface area (Å²) < 4.78 is 11.5. The monoisotopic (exact) mass is 322 g/mol. The molecule has 5 heteroatoms. The zero-order chi connectivity index (χ0) is 15.9. The van der Waals surface area contributed by atoms with Gasteiger partial charge in [-0.3, -0.25) is 0 Å². The summed E-state index contributed by atoms with van der Waals surface area (Å²) in [4.78, 5) is 11.4. The normalized spacial score (nSPS) is 25.3.